The Morgan fingerprint density at radius 1 is 1.40 bits per heavy atom. The molecule has 5 nitrogen and oxygen atoms in total. The lowest BCUT2D eigenvalue weighted by Crippen LogP contribution is -2.42. The molecule has 1 heterocycles. The number of carbonyl (C=O) groups excluding carboxylic acids is 2. The lowest BCUT2D eigenvalue weighted by molar-refractivity contribution is -0.143. The highest BCUT2D eigenvalue weighted by atomic mass is 35.5. The van der Waals surface area contributed by atoms with Crippen molar-refractivity contribution in [1.29, 1.82) is 0 Å². The number of halogens is 1. The third kappa shape index (κ3) is 7.26. The van der Waals surface area contributed by atoms with Gasteiger partial charge >= 0.3 is 5.97 Å². The van der Waals surface area contributed by atoms with Crippen LogP contribution in [-0.4, -0.2) is 42.6 Å². The number of benzene rings is 1. The smallest absolute Gasteiger partial charge is 0.308 e. The maximum Gasteiger partial charge on any atom is 0.308 e. The summed E-state index contributed by atoms with van der Waals surface area (Å²) in [5.74, 6) is 1.71. The van der Waals surface area contributed by atoms with Gasteiger partial charge in [-0.05, 0) is 25.0 Å². The van der Waals surface area contributed by atoms with Crippen molar-refractivity contribution in [2.75, 3.05) is 24.7 Å². The normalized spacial score (nSPS) is 17.9. The number of rotatable bonds is 7. The van der Waals surface area contributed by atoms with Gasteiger partial charge in [-0.1, -0.05) is 24.3 Å². The molecule has 1 aromatic carbocycles. The molecule has 25 heavy (non-hydrogen) atoms. The van der Waals surface area contributed by atoms with E-state index < -0.39 is 0 Å². The van der Waals surface area contributed by atoms with E-state index in [1.807, 2.05) is 43.0 Å². The number of hydrogen-bond donors (Lipinski definition) is 2. The fourth-order valence-corrected chi connectivity index (χ4v) is 3.78. The molecule has 0 aliphatic carbocycles. The Labute approximate surface area is 160 Å². The highest BCUT2D eigenvalue weighted by molar-refractivity contribution is 7.99. The van der Waals surface area contributed by atoms with E-state index in [1.54, 1.807) is 6.92 Å². The lowest BCUT2D eigenvalue weighted by Gasteiger charge is -2.25. The molecule has 2 N–H and O–H groups in total. The van der Waals surface area contributed by atoms with Crippen LogP contribution in [-0.2, 0) is 14.3 Å². The highest BCUT2D eigenvalue weighted by Gasteiger charge is 2.23. The molecule has 140 valence electrons. The Balaban J connectivity index is 0.00000312. The topological polar surface area (TPSA) is 67.4 Å². The van der Waals surface area contributed by atoms with Crippen molar-refractivity contribution in [3.8, 4) is 0 Å². The first kappa shape index (κ1) is 21.8. The third-order valence-corrected chi connectivity index (χ3v) is 5.14. The number of nitrogens with one attached hydrogen (secondary N) is 2. The van der Waals surface area contributed by atoms with Crippen LogP contribution in [0, 0.1) is 6.92 Å². The zero-order valence-electron chi connectivity index (χ0n) is 14.7. The van der Waals surface area contributed by atoms with Gasteiger partial charge < -0.3 is 15.4 Å². The molecule has 1 saturated heterocycles. The molecule has 2 unspecified atom stereocenters. The van der Waals surface area contributed by atoms with Gasteiger partial charge in [-0.15, -0.1) is 12.4 Å². The minimum absolute atomic E-state index is 0. The highest BCUT2D eigenvalue weighted by Crippen LogP contribution is 2.22. The van der Waals surface area contributed by atoms with E-state index in [-0.39, 0.29) is 42.8 Å². The third-order valence-electron chi connectivity index (χ3n) is 4.01. The summed E-state index contributed by atoms with van der Waals surface area (Å²) in [5.41, 5.74) is 2.02. The van der Waals surface area contributed by atoms with Gasteiger partial charge in [-0.2, -0.15) is 11.8 Å². The minimum atomic E-state index is -0.353. The van der Waals surface area contributed by atoms with Crippen molar-refractivity contribution >= 4 is 36.0 Å². The summed E-state index contributed by atoms with van der Waals surface area (Å²) < 4.78 is 5.06. The van der Waals surface area contributed by atoms with E-state index in [2.05, 4.69) is 10.6 Å². The molecule has 0 aromatic heterocycles. The maximum absolute atomic E-state index is 12.4. The molecule has 2 atom stereocenters. The van der Waals surface area contributed by atoms with Crippen LogP contribution in [0.15, 0.2) is 24.3 Å². The van der Waals surface area contributed by atoms with Crippen LogP contribution in [0.5, 0.6) is 0 Å². The van der Waals surface area contributed by atoms with Crippen LogP contribution in [0.1, 0.15) is 36.9 Å². The lowest BCUT2D eigenvalue weighted by atomic mass is 9.98. The van der Waals surface area contributed by atoms with E-state index in [9.17, 15) is 9.59 Å². The van der Waals surface area contributed by atoms with Crippen LogP contribution in [0.25, 0.3) is 0 Å². The van der Waals surface area contributed by atoms with Gasteiger partial charge in [0, 0.05) is 30.5 Å². The van der Waals surface area contributed by atoms with Crippen molar-refractivity contribution in [1.82, 2.24) is 10.6 Å². The fraction of sp³-hybridized carbons (Fsp3) is 0.556. The van der Waals surface area contributed by atoms with Gasteiger partial charge in [-0.25, -0.2) is 0 Å². The summed E-state index contributed by atoms with van der Waals surface area (Å²) in [7, 11) is 0. The molecular formula is C18H27ClN2O3S. The summed E-state index contributed by atoms with van der Waals surface area (Å²) >= 11 is 1.86. The molecule has 1 aliphatic heterocycles. The molecule has 0 spiro atoms. The number of esters is 1. The Morgan fingerprint density at radius 3 is 2.80 bits per heavy atom. The molecule has 0 bridgehead atoms. The van der Waals surface area contributed by atoms with Crippen molar-refractivity contribution in [3.63, 3.8) is 0 Å². The second-order valence-corrected chi connectivity index (χ2v) is 7.07. The molecule has 1 amide bonds. The van der Waals surface area contributed by atoms with Gasteiger partial charge in [0.05, 0.1) is 19.1 Å². The molecule has 1 aliphatic rings. The SMILES string of the molecule is CCOC(=O)CC(NC(=O)CC1CSCCN1)c1ccccc1C.Cl. The Bertz CT molecular complexity index is 565. The van der Waals surface area contributed by atoms with E-state index in [0.29, 0.717) is 13.0 Å². The Morgan fingerprint density at radius 2 is 2.16 bits per heavy atom. The zero-order valence-corrected chi connectivity index (χ0v) is 16.4. The molecule has 0 saturated carbocycles. The number of aryl methyl sites for hydroxylation is 1. The van der Waals surface area contributed by atoms with E-state index >= 15 is 0 Å². The number of amides is 1. The van der Waals surface area contributed by atoms with Crippen LogP contribution in [0.2, 0.25) is 0 Å². The van der Waals surface area contributed by atoms with Crippen molar-refractivity contribution in [2.24, 2.45) is 0 Å². The van der Waals surface area contributed by atoms with Crippen LogP contribution >= 0.6 is 24.2 Å². The summed E-state index contributed by atoms with van der Waals surface area (Å²) in [6, 6.07) is 7.66. The summed E-state index contributed by atoms with van der Waals surface area (Å²) in [6.07, 6.45) is 0.579. The Hall–Kier alpha value is -1.24. The number of thioether (sulfide) groups is 1. The molecule has 7 heteroatoms. The van der Waals surface area contributed by atoms with Gasteiger partial charge in [0.25, 0.3) is 0 Å². The van der Waals surface area contributed by atoms with Crippen molar-refractivity contribution < 1.29 is 14.3 Å². The summed E-state index contributed by atoms with van der Waals surface area (Å²) in [4.78, 5) is 24.4. The van der Waals surface area contributed by atoms with Gasteiger partial charge in [0.2, 0.25) is 5.91 Å². The monoisotopic (exact) mass is 386 g/mol. The average molecular weight is 387 g/mol. The fourth-order valence-electron chi connectivity index (χ4n) is 2.83. The zero-order chi connectivity index (χ0) is 17.4. The molecule has 2 rings (SSSR count). The van der Waals surface area contributed by atoms with E-state index in [0.717, 1.165) is 29.2 Å². The number of hydrogen-bond acceptors (Lipinski definition) is 5. The van der Waals surface area contributed by atoms with Gasteiger partial charge in [0.1, 0.15) is 0 Å². The van der Waals surface area contributed by atoms with Crippen molar-refractivity contribution in [3.05, 3.63) is 35.4 Å². The van der Waals surface area contributed by atoms with Crippen LogP contribution in [0.4, 0.5) is 0 Å². The maximum atomic E-state index is 12.4. The molecule has 1 fully saturated rings. The van der Waals surface area contributed by atoms with Crippen LogP contribution in [0.3, 0.4) is 0 Å². The average Bonchev–Trinajstić information content (AvgIpc) is 2.56. The van der Waals surface area contributed by atoms with Gasteiger partial charge in [-0.3, -0.25) is 9.59 Å². The van der Waals surface area contributed by atoms with Crippen LogP contribution < -0.4 is 10.6 Å². The second kappa shape index (κ2) is 11.4. The summed E-state index contributed by atoms with van der Waals surface area (Å²) in [6.45, 7) is 5.05. The van der Waals surface area contributed by atoms with Gasteiger partial charge in [0.15, 0.2) is 0 Å². The van der Waals surface area contributed by atoms with Crippen molar-refractivity contribution in [2.45, 2.75) is 38.8 Å². The first-order valence-corrected chi connectivity index (χ1v) is 9.57. The molecule has 0 radical (unpaired) electrons. The second-order valence-electron chi connectivity index (χ2n) is 5.92. The summed E-state index contributed by atoms with van der Waals surface area (Å²) in [5, 5.41) is 6.38. The number of carbonyl (C=O) groups is 2. The predicted molar refractivity (Wildman–Crippen MR) is 104 cm³/mol. The largest absolute Gasteiger partial charge is 0.466 e. The molecule has 1 aromatic rings. The standard InChI is InChI=1S/C18H26N2O3S.ClH/c1-3-23-18(22)11-16(15-7-5-4-6-13(15)2)20-17(21)10-14-12-24-9-8-19-14;/h4-7,14,16,19H,3,8-12H2,1-2H3,(H,20,21);1H. The first-order valence-electron chi connectivity index (χ1n) is 8.41. The Kier molecular flexibility index (Phi) is 9.93. The molecular weight excluding hydrogens is 360 g/mol. The first-order chi connectivity index (χ1) is 11.6. The number of ether oxygens (including phenoxy) is 1. The quantitative estimate of drug-likeness (QED) is 0.705. The van der Waals surface area contributed by atoms with E-state index in [4.69, 9.17) is 4.74 Å². The van der Waals surface area contributed by atoms with E-state index in [1.165, 1.54) is 0 Å². The predicted octanol–water partition coefficient (Wildman–Crippen LogP) is 2.62. The minimum Gasteiger partial charge on any atom is -0.466 e.